The highest BCUT2D eigenvalue weighted by atomic mass is 32.2. The Balaban J connectivity index is 1.79. The van der Waals surface area contributed by atoms with Crippen molar-refractivity contribution in [3.05, 3.63) is 30.3 Å². The topological polar surface area (TPSA) is 37.3 Å². The Bertz CT molecular complexity index is 529. The van der Waals surface area contributed by atoms with E-state index in [1.807, 2.05) is 24.8 Å². The van der Waals surface area contributed by atoms with Gasteiger partial charge in [-0.3, -0.25) is 4.79 Å². The van der Waals surface area contributed by atoms with Crippen LogP contribution in [0.4, 0.5) is 0 Å². The summed E-state index contributed by atoms with van der Waals surface area (Å²) in [6.45, 7) is 4.11. The number of fused-ring (bicyclic) bond motifs is 1. The number of aliphatic hydroxyl groups is 1. The minimum absolute atomic E-state index is 0.0892. The van der Waals surface area contributed by atoms with Crippen LogP contribution >= 0.6 is 11.8 Å². The van der Waals surface area contributed by atoms with Crippen molar-refractivity contribution >= 4 is 17.5 Å². The van der Waals surface area contributed by atoms with Gasteiger partial charge in [-0.15, -0.1) is 11.8 Å². The normalized spacial score (nSPS) is 39.9. The lowest BCUT2D eigenvalue weighted by atomic mass is 9.53. The molecule has 0 radical (unpaired) electrons. The van der Waals surface area contributed by atoms with Crippen molar-refractivity contribution < 1.29 is 9.90 Å². The summed E-state index contributed by atoms with van der Waals surface area (Å²) in [7, 11) is 0. The molecule has 0 bridgehead atoms. The minimum Gasteiger partial charge on any atom is -0.389 e. The molecule has 0 unspecified atom stereocenters. The van der Waals surface area contributed by atoms with Gasteiger partial charge in [-0.05, 0) is 43.2 Å². The van der Waals surface area contributed by atoms with E-state index in [1.54, 1.807) is 0 Å². The molecule has 2 saturated carbocycles. The first-order valence-electron chi connectivity index (χ1n) is 7.91. The quantitative estimate of drug-likeness (QED) is 0.895. The van der Waals surface area contributed by atoms with E-state index in [1.165, 1.54) is 4.90 Å². The van der Waals surface area contributed by atoms with Crippen molar-refractivity contribution in [1.29, 1.82) is 0 Å². The Hall–Kier alpha value is -0.800. The van der Waals surface area contributed by atoms with Crippen molar-refractivity contribution in [3.8, 4) is 0 Å². The van der Waals surface area contributed by atoms with E-state index in [0.717, 1.165) is 25.7 Å². The molecular weight excluding hydrogens is 280 g/mol. The van der Waals surface area contributed by atoms with Gasteiger partial charge in [-0.1, -0.05) is 32.0 Å². The Morgan fingerprint density at radius 1 is 1.24 bits per heavy atom. The van der Waals surface area contributed by atoms with Crippen LogP contribution in [-0.4, -0.2) is 21.7 Å². The molecule has 0 amide bonds. The monoisotopic (exact) mass is 304 g/mol. The molecule has 2 fully saturated rings. The molecule has 1 aromatic carbocycles. The molecule has 3 heteroatoms. The van der Waals surface area contributed by atoms with E-state index in [2.05, 4.69) is 31.2 Å². The number of benzene rings is 1. The molecule has 1 N–H and O–H groups in total. The number of ketones is 1. The van der Waals surface area contributed by atoms with E-state index in [9.17, 15) is 9.90 Å². The molecule has 114 valence electrons. The van der Waals surface area contributed by atoms with Crippen LogP contribution in [0.15, 0.2) is 35.2 Å². The van der Waals surface area contributed by atoms with Crippen molar-refractivity contribution in [2.75, 3.05) is 0 Å². The number of hydrogen-bond donors (Lipinski definition) is 1. The summed E-state index contributed by atoms with van der Waals surface area (Å²) >= 11 is 1.85. The van der Waals surface area contributed by atoms with Gasteiger partial charge in [0.05, 0.1) is 5.60 Å². The van der Waals surface area contributed by atoms with E-state index >= 15 is 0 Å². The number of Topliss-reactive ketones (excluding diaryl/α,β-unsaturated/α-hetero) is 1. The second kappa shape index (κ2) is 5.44. The minimum atomic E-state index is -0.826. The molecule has 4 atom stereocenters. The van der Waals surface area contributed by atoms with Gasteiger partial charge >= 0.3 is 0 Å². The van der Waals surface area contributed by atoms with Gasteiger partial charge < -0.3 is 5.11 Å². The number of hydrogen-bond acceptors (Lipinski definition) is 3. The number of carbonyl (C=O) groups excluding carboxylic acids is 1. The van der Waals surface area contributed by atoms with Crippen LogP contribution in [0.1, 0.15) is 46.0 Å². The molecule has 1 aromatic rings. The van der Waals surface area contributed by atoms with Crippen LogP contribution in [0.2, 0.25) is 0 Å². The third kappa shape index (κ3) is 2.55. The zero-order chi connectivity index (χ0) is 15.1. The van der Waals surface area contributed by atoms with Crippen LogP contribution < -0.4 is 0 Å². The van der Waals surface area contributed by atoms with Gasteiger partial charge in [0.25, 0.3) is 0 Å². The van der Waals surface area contributed by atoms with Crippen molar-refractivity contribution in [2.24, 2.45) is 11.3 Å². The Morgan fingerprint density at radius 3 is 2.67 bits per heavy atom. The maximum absolute atomic E-state index is 12.1. The highest BCUT2D eigenvalue weighted by Crippen LogP contribution is 2.56. The second-order valence-corrected chi connectivity index (χ2v) is 8.34. The van der Waals surface area contributed by atoms with Crippen LogP contribution in [0.5, 0.6) is 0 Å². The zero-order valence-electron chi connectivity index (χ0n) is 12.8. The van der Waals surface area contributed by atoms with Crippen molar-refractivity contribution in [2.45, 2.75) is 61.7 Å². The Morgan fingerprint density at radius 2 is 1.95 bits per heavy atom. The van der Waals surface area contributed by atoms with E-state index in [-0.39, 0.29) is 17.1 Å². The predicted octanol–water partition coefficient (Wildman–Crippen LogP) is 4.07. The fourth-order valence-electron chi connectivity index (χ4n) is 4.11. The average molecular weight is 304 g/mol. The summed E-state index contributed by atoms with van der Waals surface area (Å²) in [4.78, 5) is 13.3. The molecule has 0 aromatic heterocycles. The summed E-state index contributed by atoms with van der Waals surface area (Å²) in [6.07, 6.45) is 4.35. The van der Waals surface area contributed by atoms with E-state index in [4.69, 9.17) is 0 Å². The van der Waals surface area contributed by atoms with E-state index < -0.39 is 5.60 Å². The molecule has 0 aliphatic heterocycles. The van der Waals surface area contributed by atoms with Crippen molar-refractivity contribution in [1.82, 2.24) is 0 Å². The molecule has 0 heterocycles. The van der Waals surface area contributed by atoms with Gasteiger partial charge in [-0.2, -0.15) is 0 Å². The number of thioether (sulfide) groups is 1. The summed E-state index contributed by atoms with van der Waals surface area (Å²) in [5.41, 5.74) is -0.916. The first-order valence-corrected chi connectivity index (χ1v) is 8.79. The lowest BCUT2D eigenvalue weighted by molar-refractivity contribution is -0.174. The molecular formula is C18H24O2S. The van der Waals surface area contributed by atoms with Crippen LogP contribution in [0.3, 0.4) is 0 Å². The number of carbonyl (C=O) groups is 1. The molecule has 3 rings (SSSR count). The lowest BCUT2D eigenvalue weighted by Crippen LogP contribution is -2.60. The number of rotatable bonds is 2. The fraction of sp³-hybridized carbons (Fsp3) is 0.611. The van der Waals surface area contributed by atoms with Crippen LogP contribution in [0, 0.1) is 11.3 Å². The second-order valence-electron chi connectivity index (χ2n) is 6.97. The molecule has 0 saturated heterocycles. The molecule has 0 spiro atoms. The summed E-state index contributed by atoms with van der Waals surface area (Å²) in [5.74, 6) is 0.00996. The van der Waals surface area contributed by atoms with Gasteiger partial charge in [0.15, 0.2) is 0 Å². The highest BCUT2D eigenvalue weighted by molar-refractivity contribution is 8.00. The third-order valence-corrected chi connectivity index (χ3v) is 7.05. The highest BCUT2D eigenvalue weighted by Gasteiger charge is 2.57. The molecule has 2 nitrogen and oxygen atoms in total. The molecule has 21 heavy (non-hydrogen) atoms. The Kier molecular flexibility index (Phi) is 3.91. The van der Waals surface area contributed by atoms with Gasteiger partial charge in [0.2, 0.25) is 0 Å². The fourth-order valence-corrected chi connectivity index (χ4v) is 5.38. The summed E-state index contributed by atoms with van der Waals surface area (Å²) < 4.78 is 0. The van der Waals surface area contributed by atoms with Gasteiger partial charge in [0, 0.05) is 22.5 Å². The van der Waals surface area contributed by atoms with Crippen LogP contribution in [-0.2, 0) is 4.79 Å². The van der Waals surface area contributed by atoms with Gasteiger partial charge in [-0.25, -0.2) is 0 Å². The SMILES string of the molecule is C[C@H]1C(=O)CC[C@@]2(C)CC[C@H](Sc3ccccc3)C[C@@]12O. The largest absolute Gasteiger partial charge is 0.389 e. The lowest BCUT2D eigenvalue weighted by Gasteiger charge is -2.56. The van der Waals surface area contributed by atoms with Gasteiger partial charge in [0.1, 0.15) is 5.78 Å². The maximum Gasteiger partial charge on any atom is 0.138 e. The van der Waals surface area contributed by atoms with E-state index in [0.29, 0.717) is 11.7 Å². The smallest absolute Gasteiger partial charge is 0.138 e. The predicted molar refractivity (Wildman–Crippen MR) is 86.4 cm³/mol. The third-order valence-electron chi connectivity index (χ3n) is 5.77. The molecule has 2 aliphatic rings. The first kappa shape index (κ1) is 15.1. The van der Waals surface area contributed by atoms with Crippen molar-refractivity contribution in [3.63, 3.8) is 0 Å². The maximum atomic E-state index is 12.1. The average Bonchev–Trinajstić information content (AvgIpc) is 2.48. The first-order chi connectivity index (χ1) is 9.95. The standard InChI is InChI=1S/C18H24O2S/c1-13-16(19)9-11-17(2)10-8-15(12-18(13,17)20)21-14-6-4-3-5-7-14/h3-7,13,15,20H,8-12H2,1-2H3/t13-,15-,17+,18+/m0/s1. The Labute approximate surface area is 131 Å². The summed E-state index contributed by atoms with van der Waals surface area (Å²) in [6, 6.07) is 10.4. The van der Waals surface area contributed by atoms with Crippen LogP contribution in [0.25, 0.3) is 0 Å². The summed E-state index contributed by atoms with van der Waals surface area (Å²) in [5, 5.41) is 11.7. The molecule has 2 aliphatic carbocycles. The zero-order valence-corrected chi connectivity index (χ0v) is 13.7.